The Morgan fingerprint density at radius 1 is 1.25 bits per heavy atom. The van der Waals surface area contributed by atoms with Gasteiger partial charge in [-0.3, -0.25) is 0 Å². The fourth-order valence-electron chi connectivity index (χ4n) is 0. The van der Waals surface area contributed by atoms with E-state index in [9.17, 15) is 0 Å². The summed E-state index contributed by atoms with van der Waals surface area (Å²) in [6.07, 6.45) is 0. The molecule has 0 unspecified atom stereocenters. The second kappa shape index (κ2) is 8.98. The molecule has 4 heavy (non-hydrogen) atoms. The molecule has 0 fully saturated rings. The SMILES string of the molecule is I[I-]I.[B]. The molecule has 0 nitrogen and oxygen atoms in total. The van der Waals surface area contributed by atoms with E-state index < -0.39 is 0 Å². The average Bonchev–Trinajstić information content (AvgIpc) is 0.918. The molecule has 0 heterocycles. The van der Waals surface area contributed by atoms with E-state index in [1.807, 2.05) is 0 Å². The monoisotopic (exact) mass is 392 g/mol. The Kier molecular flexibility index (Phi) is 21.4. The van der Waals surface area contributed by atoms with Crippen molar-refractivity contribution in [3.8, 4) is 0 Å². The Hall–Kier alpha value is 2.25. The molecule has 0 aromatic rings. The number of halogens is 3. The topological polar surface area (TPSA) is 0 Å². The fraction of sp³-hybridized carbons (Fsp3) is 0. The van der Waals surface area contributed by atoms with Crippen molar-refractivity contribution in [2.45, 2.75) is 0 Å². The maximum Gasteiger partial charge on any atom is 0 e. The Bertz CT molecular complexity index is 3.25. The zero-order chi connectivity index (χ0) is 2.71. The van der Waals surface area contributed by atoms with E-state index in [0.717, 1.165) is 0 Å². The summed E-state index contributed by atoms with van der Waals surface area (Å²) in [7, 11) is 0. The van der Waals surface area contributed by atoms with E-state index in [1.54, 1.807) is 0 Å². The first-order chi connectivity index (χ1) is 1.41. The second-order valence-corrected chi connectivity index (χ2v) is 16.3. The van der Waals surface area contributed by atoms with Gasteiger partial charge in [-0.25, -0.2) is 0 Å². The summed E-state index contributed by atoms with van der Waals surface area (Å²) < 4.78 is 0. The van der Waals surface area contributed by atoms with Gasteiger partial charge in [0, 0.05) is 8.41 Å². The van der Waals surface area contributed by atoms with Crippen LogP contribution in [-0.4, -0.2) is 8.41 Å². The largest absolute Gasteiger partial charge is 0 e. The van der Waals surface area contributed by atoms with E-state index >= 15 is 0 Å². The van der Waals surface area contributed by atoms with E-state index in [4.69, 9.17) is 0 Å². The predicted octanol–water partition coefficient (Wildman–Crippen LogP) is -1.61. The van der Waals surface area contributed by atoms with Crippen molar-refractivity contribution in [3.63, 3.8) is 0 Å². The quantitative estimate of drug-likeness (QED) is 0.345. The zero-order valence-electron chi connectivity index (χ0n) is 1.71. The number of rotatable bonds is 0. The fourth-order valence-corrected chi connectivity index (χ4v) is 0. The summed E-state index contributed by atoms with van der Waals surface area (Å²) in [4.78, 5) is 0. The van der Waals surface area contributed by atoms with E-state index in [-0.39, 0.29) is 8.41 Å². The second-order valence-electron chi connectivity index (χ2n) is 0.0540. The molecular formula is BI3-. The van der Waals surface area contributed by atoms with E-state index in [1.165, 1.54) is 0 Å². The van der Waals surface area contributed by atoms with Crippen LogP contribution in [0.4, 0.5) is 0 Å². The van der Waals surface area contributed by atoms with Crippen molar-refractivity contribution < 1.29 is 13.3 Å². The summed E-state index contributed by atoms with van der Waals surface area (Å²) in [6, 6.07) is 0. The minimum atomic E-state index is 0. The molecule has 0 saturated heterocycles. The van der Waals surface area contributed by atoms with Gasteiger partial charge in [-0.05, 0) is 0 Å². The molecular weight excluding hydrogens is 392 g/mol. The molecule has 0 aliphatic carbocycles. The molecule has 3 radical (unpaired) electrons. The van der Waals surface area contributed by atoms with Crippen molar-refractivity contribution in [1.82, 2.24) is 0 Å². The maximum absolute atomic E-state index is 2.39. The van der Waals surface area contributed by atoms with Crippen LogP contribution in [0.5, 0.6) is 0 Å². The summed E-state index contributed by atoms with van der Waals surface area (Å²) in [5, 5.41) is 0. The molecule has 0 spiro atoms. The molecule has 0 aromatic heterocycles. The third-order valence-electron chi connectivity index (χ3n) is 0. The van der Waals surface area contributed by atoms with E-state index in [0.29, 0.717) is 13.3 Å². The number of hydrogen-bond donors (Lipinski definition) is 0. The first-order valence-electron chi connectivity index (χ1n) is 0.286. The minimum absolute atomic E-state index is 0. The molecule has 0 N–H and O–H groups in total. The van der Waals surface area contributed by atoms with Gasteiger partial charge >= 0.3 is 50.5 Å². The Balaban J connectivity index is 0. The van der Waals surface area contributed by atoms with Crippen molar-refractivity contribution in [3.05, 3.63) is 0 Å². The van der Waals surface area contributed by atoms with Crippen LogP contribution in [0.3, 0.4) is 0 Å². The molecule has 0 amide bonds. The summed E-state index contributed by atoms with van der Waals surface area (Å²) in [6.45, 7) is 0. The van der Waals surface area contributed by atoms with Gasteiger partial charge < -0.3 is 0 Å². The van der Waals surface area contributed by atoms with Gasteiger partial charge in [0.15, 0.2) is 0 Å². The van der Waals surface area contributed by atoms with Crippen molar-refractivity contribution >= 4 is 45.6 Å². The molecule has 0 aromatic carbocycles. The molecule has 0 saturated carbocycles. The van der Waals surface area contributed by atoms with Crippen LogP contribution in [0.1, 0.15) is 0 Å². The van der Waals surface area contributed by atoms with Crippen molar-refractivity contribution in [2.75, 3.05) is 0 Å². The summed E-state index contributed by atoms with van der Waals surface area (Å²) in [5.74, 6) is 0. The molecule has 0 atom stereocenters. The van der Waals surface area contributed by atoms with Crippen LogP contribution in [0, 0.1) is 0 Å². The molecule has 4 heteroatoms. The minimum Gasteiger partial charge on any atom is 0 e. The van der Waals surface area contributed by atoms with Crippen LogP contribution >= 0.6 is 37.2 Å². The van der Waals surface area contributed by atoms with Crippen LogP contribution in [0.2, 0.25) is 0 Å². The molecule has 0 rings (SSSR count). The van der Waals surface area contributed by atoms with Gasteiger partial charge in [-0.2, -0.15) is 0 Å². The molecule has 0 bridgehead atoms. The summed E-state index contributed by atoms with van der Waals surface area (Å²) >= 11 is 5.30. The first kappa shape index (κ1) is 9.54. The third-order valence-corrected chi connectivity index (χ3v) is 0. The van der Waals surface area contributed by atoms with Gasteiger partial charge in [0.2, 0.25) is 0 Å². The van der Waals surface area contributed by atoms with Crippen LogP contribution in [0.25, 0.3) is 0 Å². The normalized spacial score (nSPS) is 5.50. The molecule has 0 aliphatic rings. The van der Waals surface area contributed by atoms with Gasteiger partial charge in [-0.15, -0.1) is 0 Å². The van der Waals surface area contributed by atoms with Gasteiger partial charge in [-0.1, -0.05) is 0 Å². The van der Waals surface area contributed by atoms with Gasteiger partial charge in [0.1, 0.15) is 0 Å². The van der Waals surface area contributed by atoms with Crippen molar-refractivity contribution in [1.29, 1.82) is 0 Å². The number of hydrogen-bond acceptors (Lipinski definition) is 0. The molecule has 0 aliphatic heterocycles. The molecule has 25 valence electrons. The Morgan fingerprint density at radius 3 is 1.25 bits per heavy atom. The van der Waals surface area contributed by atoms with Crippen LogP contribution < -0.4 is 13.3 Å². The zero-order valence-corrected chi connectivity index (χ0v) is 8.18. The van der Waals surface area contributed by atoms with Gasteiger partial charge in [0.05, 0.1) is 0 Å². The standard InChI is InChI=1S/B.I3/c;1-3-2/q;-1. The average molecular weight is 392 g/mol. The Morgan fingerprint density at radius 2 is 1.25 bits per heavy atom. The van der Waals surface area contributed by atoms with Crippen LogP contribution in [-0.2, 0) is 0 Å². The van der Waals surface area contributed by atoms with E-state index in [2.05, 4.69) is 37.2 Å². The predicted molar refractivity (Wildman–Crippen MR) is 33.8 cm³/mol. The smallest absolute Gasteiger partial charge is 0 e. The summed E-state index contributed by atoms with van der Waals surface area (Å²) in [5.41, 5.74) is 0. The Labute approximate surface area is 57.7 Å². The first-order valence-corrected chi connectivity index (χ1v) is 12.9. The third kappa shape index (κ3) is 8.87. The van der Waals surface area contributed by atoms with Crippen molar-refractivity contribution in [2.24, 2.45) is 0 Å². The maximum atomic E-state index is 2.39. The van der Waals surface area contributed by atoms with Gasteiger partial charge in [0.25, 0.3) is 0 Å². The van der Waals surface area contributed by atoms with Crippen LogP contribution in [0.15, 0.2) is 0 Å².